The molecule has 4 aromatic carbocycles. The van der Waals surface area contributed by atoms with Gasteiger partial charge in [-0.05, 0) is 52.8 Å². The molecule has 0 N–H and O–H groups in total. The highest BCUT2D eigenvalue weighted by atomic mass is 31.1. The van der Waals surface area contributed by atoms with Crippen LogP contribution in [-0.4, -0.2) is 7.11 Å². The Balaban J connectivity index is 1.88. The van der Waals surface area contributed by atoms with Crippen molar-refractivity contribution >= 4 is 34.6 Å². The number of fused-ring (bicyclic) bond motifs is 1. The molecule has 0 aliphatic rings. The first-order chi connectivity index (χ1) is 12.3. The van der Waals surface area contributed by atoms with E-state index in [0.29, 0.717) is 0 Å². The van der Waals surface area contributed by atoms with Gasteiger partial charge in [-0.25, -0.2) is 0 Å². The number of ether oxygens (including phenoxy) is 1. The van der Waals surface area contributed by atoms with Gasteiger partial charge in [-0.1, -0.05) is 78.9 Å². The van der Waals surface area contributed by atoms with E-state index in [4.69, 9.17) is 4.74 Å². The van der Waals surface area contributed by atoms with Crippen molar-refractivity contribution in [2.75, 3.05) is 7.11 Å². The number of rotatable bonds is 4. The molecule has 0 aliphatic heterocycles. The van der Waals surface area contributed by atoms with Crippen LogP contribution in [0.5, 0.6) is 5.75 Å². The third-order valence-electron chi connectivity index (χ3n) is 4.32. The average Bonchev–Trinajstić information content (AvgIpc) is 2.69. The molecule has 0 atom stereocenters. The molecule has 122 valence electrons. The van der Waals surface area contributed by atoms with E-state index in [2.05, 4.69) is 91.0 Å². The van der Waals surface area contributed by atoms with Gasteiger partial charge in [0.05, 0.1) is 7.11 Å². The summed E-state index contributed by atoms with van der Waals surface area (Å²) in [5.74, 6) is 0.897. The van der Waals surface area contributed by atoms with E-state index >= 15 is 0 Å². The fourth-order valence-corrected chi connectivity index (χ4v) is 5.41. The van der Waals surface area contributed by atoms with Crippen LogP contribution in [0.3, 0.4) is 0 Å². The molecule has 0 heterocycles. The minimum absolute atomic E-state index is 0.574. The van der Waals surface area contributed by atoms with Gasteiger partial charge in [-0.2, -0.15) is 0 Å². The molecule has 0 spiro atoms. The van der Waals surface area contributed by atoms with Crippen LogP contribution in [0.4, 0.5) is 0 Å². The summed E-state index contributed by atoms with van der Waals surface area (Å²) in [6.45, 7) is 0. The lowest BCUT2D eigenvalue weighted by molar-refractivity contribution is 0.415. The predicted octanol–water partition coefficient (Wildman–Crippen LogP) is 4.61. The Morgan fingerprint density at radius 2 is 1.16 bits per heavy atom. The lowest BCUT2D eigenvalue weighted by Gasteiger charge is -2.20. The van der Waals surface area contributed by atoms with Gasteiger partial charge in [0.15, 0.2) is 0 Å². The van der Waals surface area contributed by atoms with Gasteiger partial charge in [-0.3, -0.25) is 0 Å². The maximum atomic E-state index is 5.40. The summed E-state index contributed by atoms with van der Waals surface area (Å²) in [4.78, 5) is 0. The summed E-state index contributed by atoms with van der Waals surface area (Å²) in [5, 5.41) is 6.54. The summed E-state index contributed by atoms with van der Waals surface area (Å²) in [7, 11) is 1.14. The van der Waals surface area contributed by atoms with E-state index in [-0.39, 0.29) is 0 Å². The topological polar surface area (TPSA) is 9.23 Å². The van der Waals surface area contributed by atoms with Crippen LogP contribution >= 0.6 is 7.92 Å². The second-order valence-electron chi connectivity index (χ2n) is 5.90. The highest BCUT2D eigenvalue weighted by molar-refractivity contribution is 7.79. The Kier molecular flexibility index (Phi) is 4.50. The molecule has 0 amide bonds. The standard InChI is InChI=1S/C23H19OP/c1-24-20-14-12-18-13-15-23(17-19(18)16-20)25(21-8-4-2-5-9-21)22-10-6-3-7-11-22/h2-17H,1H3. The Bertz CT molecular complexity index is 941. The minimum Gasteiger partial charge on any atom is -0.497 e. The third kappa shape index (κ3) is 3.29. The Morgan fingerprint density at radius 1 is 0.560 bits per heavy atom. The molecule has 0 aliphatic carbocycles. The number of hydrogen-bond acceptors (Lipinski definition) is 1. The summed E-state index contributed by atoms with van der Waals surface area (Å²) in [5.41, 5.74) is 0. The summed E-state index contributed by atoms with van der Waals surface area (Å²) >= 11 is 0. The molecule has 1 nitrogen and oxygen atoms in total. The molecule has 0 saturated heterocycles. The molecule has 0 aromatic heterocycles. The fourth-order valence-electron chi connectivity index (χ4n) is 3.08. The van der Waals surface area contributed by atoms with Crippen molar-refractivity contribution in [2.45, 2.75) is 0 Å². The average molecular weight is 342 g/mol. The zero-order valence-electron chi connectivity index (χ0n) is 14.1. The van der Waals surface area contributed by atoms with Gasteiger partial charge in [0.2, 0.25) is 0 Å². The van der Waals surface area contributed by atoms with Gasteiger partial charge in [0.25, 0.3) is 0 Å². The Morgan fingerprint density at radius 3 is 1.76 bits per heavy atom. The lowest BCUT2D eigenvalue weighted by Crippen LogP contribution is -2.20. The van der Waals surface area contributed by atoms with Crippen LogP contribution in [0.2, 0.25) is 0 Å². The molecule has 4 rings (SSSR count). The fraction of sp³-hybridized carbons (Fsp3) is 0.0435. The number of benzene rings is 4. The van der Waals surface area contributed by atoms with Crippen molar-refractivity contribution in [3.63, 3.8) is 0 Å². The van der Waals surface area contributed by atoms with Crippen LogP contribution in [0.25, 0.3) is 10.8 Å². The van der Waals surface area contributed by atoms with E-state index in [9.17, 15) is 0 Å². The molecule has 4 aromatic rings. The van der Waals surface area contributed by atoms with Gasteiger partial charge in [0, 0.05) is 0 Å². The first-order valence-electron chi connectivity index (χ1n) is 8.33. The van der Waals surface area contributed by atoms with Crippen molar-refractivity contribution in [1.29, 1.82) is 0 Å². The summed E-state index contributed by atoms with van der Waals surface area (Å²) in [6.07, 6.45) is 0. The quantitative estimate of drug-likeness (QED) is 0.492. The van der Waals surface area contributed by atoms with Gasteiger partial charge in [0.1, 0.15) is 5.75 Å². The second-order valence-corrected chi connectivity index (χ2v) is 8.12. The van der Waals surface area contributed by atoms with Gasteiger partial charge in [-0.15, -0.1) is 0 Å². The van der Waals surface area contributed by atoms with E-state index in [1.54, 1.807) is 7.11 Å². The van der Waals surface area contributed by atoms with E-state index in [1.165, 1.54) is 26.7 Å². The molecule has 25 heavy (non-hydrogen) atoms. The van der Waals surface area contributed by atoms with Crippen molar-refractivity contribution in [1.82, 2.24) is 0 Å². The largest absolute Gasteiger partial charge is 0.497 e. The molecule has 0 saturated carbocycles. The van der Waals surface area contributed by atoms with Crippen LogP contribution in [0, 0.1) is 0 Å². The molecular weight excluding hydrogens is 323 g/mol. The smallest absolute Gasteiger partial charge is 0.119 e. The SMILES string of the molecule is COc1ccc2ccc(P(c3ccccc3)c3ccccc3)cc2c1. The van der Waals surface area contributed by atoms with Crippen LogP contribution in [-0.2, 0) is 0 Å². The number of hydrogen-bond donors (Lipinski definition) is 0. The molecule has 2 heteroatoms. The van der Waals surface area contributed by atoms with Crippen molar-refractivity contribution in [3.8, 4) is 5.75 Å². The molecular formula is C23H19OP. The van der Waals surface area contributed by atoms with Gasteiger partial charge >= 0.3 is 0 Å². The predicted molar refractivity (Wildman–Crippen MR) is 109 cm³/mol. The molecule has 0 fully saturated rings. The first kappa shape index (κ1) is 15.9. The monoisotopic (exact) mass is 342 g/mol. The summed E-state index contributed by atoms with van der Waals surface area (Å²) < 4.78 is 5.40. The van der Waals surface area contributed by atoms with E-state index in [0.717, 1.165) is 5.75 Å². The number of methoxy groups -OCH3 is 1. The Labute approximate surface area is 149 Å². The van der Waals surface area contributed by atoms with Crippen LogP contribution in [0.1, 0.15) is 0 Å². The zero-order valence-corrected chi connectivity index (χ0v) is 15.0. The van der Waals surface area contributed by atoms with Crippen molar-refractivity contribution in [2.24, 2.45) is 0 Å². The minimum atomic E-state index is -0.574. The van der Waals surface area contributed by atoms with Crippen LogP contribution < -0.4 is 20.7 Å². The van der Waals surface area contributed by atoms with Gasteiger partial charge < -0.3 is 4.74 Å². The molecule has 0 unspecified atom stereocenters. The van der Waals surface area contributed by atoms with E-state index < -0.39 is 7.92 Å². The van der Waals surface area contributed by atoms with Crippen molar-refractivity contribution in [3.05, 3.63) is 97.1 Å². The highest BCUT2D eigenvalue weighted by Crippen LogP contribution is 2.34. The normalized spacial score (nSPS) is 11.0. The first-order valence-corrected chi connectivity index (χ1v) is 9.67. The third-order valence-corrected chi connectivity index (χ3v) is 6.74. The summed E-state index contributed by atoms with van der Waals surface area (Å²) in [6, 6.07) is 34.6. The second kappa shape index (κ2) is 7.09. The van der Waals surface area contributed by atoms with E-state index in [1.807, 2.05) is 6.07 Å². The maximum Gasteiger partial charge on any atom is 0.119 e. The lowest BCUT2D eigenvalue weighted by atomic mass is 10.1. The molecule has 0 radical (unpaired) electrons. The molecule has 0 bridgehead atoms. The van der Waals surface area contributed by atoms with Crippen molar-refractivity contribution < 1.29 is 4.74 Å². The highest BCUT2D eigenvalue weighted by Gasteiger charge is 2.16. The van der Waals surface area contributed by atoms with Crippen LogP contribution in [0.15, 0.2) is 97.1 Å². The maximum absolute atomic E-state index is 5.40. The Hall–Kier alpha value is -2.63. The zero-order chi connectivity index (χ0) is 17.1.